The smallest absolute Gasteiger partial charge is 0.255 e. The zero-order valence-electron chi connectivity index (χ0n) is 18.2. The van der Waals surface area contributed by atoms with Crippen LogP contribution in [0.4, 0.5) is 5.69 Å². The topological polar surface area (TPSA) is 87.8 Å². The molecule has 7 heteroatoms. The summed E-state index contributed by atoms with van der Waals surface area (Å²) < 4.78 is 5.27. The zero-order valence-corrected chi connectivity index (χ0v) is 19.0. The normalized spacial score (nSPS) is 16.1. The SMILES string of the molecule is COc1cc(N)c(Cl)cc1C(=O)NCC1CCN(CCC(O)c2ccc(C)cc2)CC1. The summed E-state index contributed by atoms with van der Waals surface area (Å²) in [5, 5.41) is 13.8. The summed E-state index contributed by atoms with van der Waals surface area (Å²) in [7, 11) is 1.50. The summed E-state index contributed by atoms with van der Waals surface area (Å²) in [5.41, 5.74) is 8.74. The Kier molecular flexibility index (Phi) is 8.18. The second-order valence-electron chi connectivity index (χ2n) is 8.28. The van der Waals surface area contributed by atoms with Crippen LogP contribution in [-0.4, -0.2) is 49.2 Å². The minimum Gasteiger partial charge on any atom is -0.496 e. The number of aliphatic hydroxyl groups is 1. The first-order valence-electron chi connectivity index (χ1n) is 10.8. The highest BCUT2D eigenvalue weighted by molar-refractivity contribution is 6.33. The third kappa shape index (κ3) is 6.35. The minimum absolute atomic E-state index is 0.206. The first-order valence-corrected chi connectivity index (χ1v) is 11.1. The zero-order chi connectivity index (χ0) is 22.4. The number of hydrogen-bond acceptors (Lipinski definition) is 5. The summed E-state index contributed by atoms with van der Waals surface area (Å²) in [4.78, 5) is 15.0. The molecular weight excluding hydrogens is 414 g/mol. The number of rotatable bonds is 8. The molecule has 2 aromatic carbocycles. The number of carbonyl (C=O) groups excluding carboxylic acids is 1. The van der Waals surface area contributed by atoms with E-state index < -0.39 is 6.10 Å². The number of likely N-dealkylation sites (tertiary alicyclic amines) is 1. The molecule has 1 aliphatic heterocycles. The van der Waals surface area contributed by atoms with E-state index in [-0.39, 0.29) is 5.91 Å². The number of nitrogens with two attached hydrogens (primary N) is 1. The third-order valence-corrected chi connectivity index (χ3v) is 6.33. The molecule has 1 amide bonds. The van der Waals surface area contributed by atoms with Crippen molar-refractivity contribution in [3.63, 3.8) is 0 Å². The maximum atomic E-state index is 12.6. The van der Waals surface area contributed by atoms with E-state index in [9.17, 15) is 9.90 Å². The Balaban J connectivity index is 1.42. The number of ether oxygens (including phenoxy) is 1. The fraction of sp³-hybridized carbons (Fsp3) is 0.458. The van der Waals surface area contributed by atoms with Gasteiger partial charge in [0.25, 0.3) is 5.91 Å². The molecule has 0 aliphatic carbocycles. The van der Waals surface area contributed by atoms with E-state index in [4.69, 9.17) is 22.1 Å². The Labute approximate surface area is 189 Å². The lowest BCUT2D eigenvalue weighted by Crippen LogP contribution is -2.39. The monoisotopic (exact) mass is 445 g/mol. The van der Waals surface area contributed by atoms with Crippen molar-refractivity contribution >= 4 is 23.2 Å². The number of piperidine rings is 1. The molecule has 0 bridgehead atoms. The molecule has 1 atom stereocenters. The predicted molar refractivity (Wildman–Crippen MR) is 125 cm³/mol. The average molecular weight is 446 g/mol. The van der Waals surface area contributed by atoms with Gasteiger partial charge in [0.15, 0.2) is 0 Å². The molecule has 1 saturated heterocycles. The van der Waals surface area contributed by atoms with Gasteiger partial charge in [0.2, 0.25) is 0 Å². The lowest BCUT2D eigenvalue weighted by Gasteiger charge is -2.32. The molecule has 1 fully saturated rings. The van der Waals surface area contributed by atoms with Gasteiger partial charge in [-0.25, -0.2) is 0 Å². The molecule has 4 N–H and O–H groups in total. The van der Waals surface area contributed by atoms with Crippen LogP contribution in [0.25, 0.3) is 0 Å². The average Bonchev–Trinajstić information content (AvgIpc) is 2.78. The fourth-order valence-electron chi connectivity index (χ4n) is 3.92. The number of halogens is 1. The number of nitrogen functional groups attached to an aromatic ring is 1. The molecule has 1 aliphatic rings. The van der Waals surface area contributed by atoms with Crippen molar-refractivity contribution in [3.8, 4) is 5.75 Å². The minimum atomic E-state index is -0.431. The van der Waals surface area contributed by atoms with Crippen LogP contribution in [0.5, 0.6) is 5.75 Å². The van der Waals surface area contributed by atoms with Crippen molar-refractivity contribution in [2.45, 2.75) is 32.3 Å². The van der Waals surface area contributed by atoms with E-state index in [0.29, 0.717) is 34.5 Å². The first kappa shape index (κ1) is 23.4. The van der Waals surface area contributed by atoms with Crippen LogP contribution in [0.15, 0.2) is 36.4 Å². The van der Waals surface area contributed by atoms with Crippen LogP contribution in [-0.2, 0) is 0 Å². The summed E-state index contributed by atoms with van der Waals surface area (Å²) >= 11 is 6.07. The second kappa shape index (κ2) is 10.8. The standard InChI is InChI=1S/C24H32ClN3O3/c1-16-3-5-18(6-4-16)22(29)9-12-28-10-7-17(8-11-28)15-27-24(30)19-13-20(25)21(26)14-23(19)31-2/h3-6,13-14,17,22,29H,7-12,15,26H2,1-2H3,(H,27,30). The Morgan fingerprint density at radius 2 is 1.97 bits per heavy atom. The highest BCUT2D eigenvalue weighted by atomic mass is 35.5. The maximum absolute atomic E-state index is 12.6. The number of aliphatic hydroxyl groups excluding tert-OH is 1. The molecule has 168 valence electrons. The Bertz CT molecular complexity index is 880. The molecule has 2 aromatic rings. The molecular formula is C24H32ClN3O3. The van der Waals surface area contributed by atoms with Crippen LogP contribution in [0.3, 0.4) is 0 Å². The van der Waals surface area contributed by atoms with E-state index in [1.165, 1.54) is 12.7 Å². The Morgan fingerprint density at radius 3 is 2.61 bits per heavy atom. The Morgan fingerprint density at radius 1 is 1.29 bits per heavy atom. The summed E-state index contributed by atoms with van der Waals surface area (Å²) in [5.74, 6) is 0.640. The number of hydrogen-bond donors (Lipinski definition) is 3. The lowest BCUT2D eigenvalue weighted by molar-refractivity contribution is 0.0925. The van der Waals surface area contributed by atoms with Gasteiger partial charge in [-0.2, -0.15) is 0 Å². The van der Waals surface area contributed by atoms with Gasteiger partial charge in [-0.3, -0.25) is 4.79 Å². The highest BCUT2D eigenvalue weighted by Gasteiger charge is 2.22. The quantitative estimate of drug-likeness (QED) is 0.538. The number of carbonyl (C=O) groups is 1. The van der Waals surface area contributed by atoms with Crippen molar-refractivity contribution in [3.05, 3.63) is 58.1 Å². The largest absolute Gasteiger partial charge is 0.496 e. The van der Waals surface area contributed by atoms with Gasteiger partial charge in [0.1, 0.15) is 5.75 Å². The van der Waals surface area contributed by atoms with Crippen molar-refractivity contribution in [2.75, 3.05) is 39.0 Å². The van der Waals surface area contributed by atoms with Gasteiger partial charge >= 0.3 is 0 Å². The van der Waals surface area contributed by atoms with Crippen LogP contribution < -0.4 is 15.8 Å². The van der Waals surface area contributed by atoms with Crippen LogP contribution in [0.1, 0.15) is 46.9 Å². The number of amides is 1. The van der Waals surface area contributed by atoms with E-state index in [1.54, 1.807) is 12.1 Å². The van der Waals surface area contributed by atoms with Gasteiger partial charge in [-0.15, -0.1) is 0 Å². The van der Waals surface area contributed by atoms with E-state index in [2.05, 4.69) is 10.2 Å². The molecule has 0 radical (unpaired) electrons. The van der Waals surface area contributed by atoms with Crippen molar-refractivity contribution < 1.29 is 14.6 Å². The summed E-state index contributed by atoms with van der Waals surface area (Å²) in [6, 6.07) is 11.2. The van der Waals surface area contributed by atoms with Crippen molar-refractivity contribution in [1.82, 2.24) is 10.2 Å². The van der Waals surface area contributed by atoms with Crippen molar-refractivity contribution in [1.29, 1.82) is 0 Å². The molecule has 0 saturated carbocycles. The van der Waals surface area contributed by atoms with Gasteiger partial charge < -0.3 is 25.8 Å². The van der Waals surface area contributed by atoms with Crippen molar-refractivity contribution in [2.24, 2.45) is 5.92 Å². The van der Waals surface area contributed by atoms with Crippen LogP contribution in [0.2, 0.25) is 5.02 Å². The van der Waals surface area contributed by atoms with Gasteiger partial charge in [0, 0.05) is 19.2 Å². The summed E-state index contributed by atoms with van der Waals surface area (Å²) in [6.07, 6.45) is 2.32. The fourth-order valence-corrected chi connectivity index (χ4v) is 4.09. The van der Waals surface area contributed by atoms with E-state index in [1.807, 2.05) is 31.2 Å². The lowest BCUT2D eigenvalue weighted by atomic mass is 9.96. The number of aryl methyl sites for hydroxylation is 1. The second-order valence-corrected chi connectivity index (χ2v) is 8.69. The third-order valence-electron chi connectivity index (χ3n) is 6.00. The summed E-state index contributed by atoms with van der Waals surface area (Å²) in [6.45, 7) is 5.47. The molecule has 6 nitrogen and oxygen atoms in total. The van der Waals surface area contributed by atoms with Gasteiger partial charge in [0.05, 0.1) is 29.5 Å². The van der Waals surface area contributed by atoms with Crippen LogP contribution >= 0.6 is 11.6 Å². The number of methoxy groups -OCH3 is 1. The maximum Gasteiger partial charge on any atom is 0.255 e. The van der Waals surface area contributed by atoms with Gasteiger partial charge in [-0.1, -0.05) is 41.4 Å². The molecule has 3 rings (SSSR count). The van der Waals surface area contributed by atoms with Gasteiger partial charge in [-0.05, 0) is 56.8 Å². The van der Waals surface area contributed by atoms with E-state index in [0.717, 1.165) is 44.5 Å². The first-order chi connectivity index (χ1) is 14.9. The number of nitrogens with zero attached hydrogens (tertiary/aromatic N) is 1. The number of nitrogens with one attached hydrogen (secondary N) is 1. The molecule has 0 spiro atoms. The number of benzene rings is 2. The van der Waals surface area contributed by atoms with E-state index >= 15 is 0 Å². The molecule has 0 aromatic heterocycles. The predicted octanol–water partition coefficient (Wildman–Crippen LogP) is 3.80. The Hall–Kier alpha value is -2.28. The molecule has 31 heavy (non-hydrogen) atoms. The number of anilines is 1. The van der Waals surface area contributed by atoms with Crippen LogP contribution in [0, 0.1) is 12.8 Å². The molecule has 1 unspecified atom stereocenters. The highest BCUT2D eigenvalue weighted by Crippen LogP contribution is 2.29. The molecule has 1 heterocycles.